The molecule has 0 radical (unpaired) electrons. The first-order valence-corrected chi connectivity index (χ1v) is 6.56. The maximum absolute atomic E-state index is 11.0. The molecule has 0 bridgehead atoms. The van der Waals surface area contributed by atoms with E-state index in [-0.39, 0.29) is 5.97 Å². The summed E-state index contributed by atoms with van der Waals surface area (Å²) >= 11 is 0. The number of benzene rings is 1. The van der Waals surface area contributed by atoms with Gasteiger partial charge in [-0.3, -0.25) is 4.79 Å². The average Bonchev–Trinajstić information content (AvgIpc) is 2.41. The summed E-state index contributed by atoms with van der Waals surface area (Å²) in [7, 11) is 3.41. The first kappa shape index (κ1) is 15.5. The molecule has 0 spiro atoms. The SMILES string of the molecule is COC(=O)CCN(C)CCCOc1cccc(C)c1. The molecule has 0 fully saturated rings. The number of methoxy groups -OCH3 is 1. The summed E-state index contributed by atoms with van der Waals surface area (Å²) in [6.07, 6.45) is 1.37. The van der Waals surface area contributed by atoms with Crippen molar-refractivity contribution in [3.63, 3.8) is 0 Å². The molecular weight excluding hydrogens is 242 g/mol. The van der Waals surface area contributed by atoms with Gasteiger partial charge >= 0.3 is 5.97 Å². The van der Waals surface area contributed by atoms with Gasteiger partial charge in [-0.15, -0.1) is 0 Å². The molecule has 0 amide bonds. The van der Waals surface area contributed by atoms with Crippen molar-refractivity contribution in [3.05, 3.63) is 29.8 Å². The van der Waals surface area contributed by atoms with Crippen molar-refractivity contribution in [1.82, 2.24) is 4.90 Å². The fourth-order valence-corrected chi connectivity index (χ4v) is 1.73. The van der Waals surface area contributed by atoms with Crippen molar-refractivity contribution in [2.24, 2.45) is 0 Å². The number of esters is 1. The third-order valence-electron chi connectivity index (χ3n) is 2.87. The highest BCUT2D eigenvalue weighted by atomic mass is 16.5. The fraction of sp³-hybridized carbons (Fsp3) is 0.533. The lowest BCUT2D eigenvalue weighted by Crippen LogP contribution is -2.24. The molecule has 1 aromatic rings. The minimum atomic E-state index is -0.164. The minimum Gasteiger partial charge on any atom is -0.494 e. The zero-order valence-electron chi connectivity index (χ0n) is 12.0. The Morgan fingerprint density at radius 2 is 2.11 bits per heavy atom. The molecule has 0 aliphatic heterocycles. The topological polar surface area (TPSA) is 38.8 Å². The van der Waals surface area contributed by atoms with Gasteiger partial charge in [0, 0.05) is 13.1 Å². The molecule has 0 saturated heterocycles. The largest absolute Gasteiger partial charge is 0.494 e. The van der Waals surface area contributed by atoms with Crippen LogP contribution in [-0.4, -0.2) is 44.7 Å². The van der Waals surface area contributed by atoms with Gasteiger partial charge in [-0.2, -0.15) is 0 Å². The first-order valence-electron chi connectivity index (χ1n) is 6.56. The summed E-state index contributed by atoms with van der Waals surface area (Å²) in [6, 6.07) is 8.04. The fourth-order valence-electron chi connectivity index (χ4n) is 1.73. The third kappa shape index (κ3) is 6.82. The van der Waals surface area contributed by atoms with Gasteiger partial charge in [0.25, 0.3) is 0 Å². The molecule has 0 unspecified atom stereocenters. The minimum absolute atomic E-state index is 0.164. The van der Waals surface area contributed by atoms with Crippen LogP contribution in [0.1, 0.15) is 18.4 Å². The van der Waals surface area contributed by atoms with Gasteiger partial charge in [-0.25, -0.2) is 0 Å². The lowest BCUT2D eigenvalue weighted by atomic mass is 10.2. The van der Waals surface area contributed by atoms with Crippen LogP contribution < -0.4 is 4.74 Å². The second kappa shape index (κ2) is 8.53. The molecule has 0 aliphatic rings. The van der Waals surface area contributed by atoms with Crippen LogP contribution >= 0.6 is 0 Å². The second-order valence-electron chi connectivity index (χ2n) is 4.65. The number of hydrogen-bond acceptors (Lipinski definition) is 4. The molecule has 0 aliphatic carbocycles. The van der Waals surface area contributed by atoms with Crippen LogP contribution in [0, 0.1) is 6.92 Å². The lowest BCUT2D eigenvalue weighted by molar-refractivity contribution is -0.140. The molecule has 19 heavy (non-hydrogen) atoms. The zero-order chi connectivity index (χ0) is 14.1. The molecule has 4 heteroatoms. The van der Waals surface area contributed by atoms with E-state index in [1.165, 1.54) is 12.7 Å². The summed E-state index contributed by atoms with van der Waals surface area (Å²) in [5.41, 5.74) is 1.20. The van der Waals surface area contributed by atoms with Crippen LogP contribution in [0.15, 0.2) is 24.3 Å². The maximum atomic E-state index is 11.0. The van der Waals surface area contributed by atoms with Gasteiger partial charge in [-0.05, 0) is 38.1 Å². The number of ether oxygens (including phenoxy) is 2. The predicted molar refractivity (Wildman–Crippen MR) is 75.4 cm³/mol. The second-order valence-corrected chi connectivity index (χ2v) is 4.65. The molecule has 0 heterocycles. The molecule has 4 nitrogen and oxygen atoms in total. The van der Waals surface area contributed by atoms with Crippen LogP contribution in [0.4, 0.5) is 0 Å². The van der Waals surface area contributed by atoms with Crippen LogP contribution in [0.3, 0.4) is 0 Å². The van der Waals surface area contributed by atoms with Crippen molar-refractivity contribution < 1.29 is 14.3 Å². The van der Waals surface area contributed by atoms with E-state index in [4.69, 9.17) is 4.74 Å². The van der Waals surface area contributed by atoms with Crippen LogP contribution in [0.25, 0.3) is 0 Å². The summed E-state index contributed by atoms with van der Waals surface area (Å²) < 4.78 is 10.3. The van der Waals surface area contributed by atoms with Gasteiger partial charge in [-0.1, -0.05) is 12.1 Å². The van der Waals surface area contributed by atoms with Crippen molar-refractivity contribution >= 4 is 5.97 Å². The van der Waals surface area contributed by atoms with Gasteiger partial charge < -0.3 is 14.4 Å². The van der Waals surface area contributed by atoms with Crippen LogP contribution in [0.2, 0.25) is 0 Å². The predicted octanol–water partition coefficient (Wildman–Crippen LogP) is 2.26. The van der Waals surface area contributed by atoms with Gasteiger partial charge in [0.05, 0.1) is 20.1 Å². The smallest absolute Gasteiger partial charge is 0.306 e. The normalized spacial score (nSPS) is 10.5. The number of carbonyl (C=O) groups excluding carboxylic acids is 1. The van der Waals surface area contributed by atoms with E-state index in [2.05, 4.69) is 9.64 Å². The van der Waals surface area contributed by atoms with E-state index >= 15 is 0 Å². The molecule has 0 saturated carbocycles. The Labute approximate surface area is 115 Å². The molecule has 1 rings (SSSR count). The molecular formula is C15H23NO3. The Balaban J connectivity index is 2.11. The Bertz CT molecular complexity index is 393. The van der Waals surface area contributed by atoms with E-state index in [1.807, 2.05) is 38.2 Å². The Morgan fingerprint density at radius 1 is 1.32 bits per heavy atom. The Hall–Kier alpha value is -1.55. The summed E-state index contributed by atoms with van der Waals surface area (Å²) in [5, 5.41) is 0. The van der Waals surface area contributed by atoms with Crippen molar-refractivity contribution in [1.29, 1.82) is 0 Å². The van der Waals surface area contributed by atoms with Gasteiger partial charge in [0.1, 0.15) is 5.75 Å². The molecule has 0 N–H and O–H groups in total. The number of rotatable bonds is 8. The molecule has 0 atom stereocenters. The van der Waals surface area contributed by atoms with E-state index in [0.717, 1.165) is 25.3 Å². The van der Waals surface area contributed by atoms with E-state index in [9.17, 15) is 4.79 Å². The third-order valence-corrected chi connectivity index (χ3v) is 2.87. The summed E-state index contributed by atoms with van der Waals surface area (Å²) in [6.45, 7) is 4.36. The molecule has 106 valence electrons. The molecule has 1 aromatic carbocycles. The van der Waals surface area contributed by atoms with Crippen LogP contribution in [0.5, 0.6) is 5.75 Å². The van der Waals surface area contributed by atoms with Crippen molar-refractivity contribution in [3.8, 4) is 5.75 Å². The highest BCUT2D eigenvalue weighted by molar-refractivity contribution is 5.69. The van der Waals surface area contributed by atoms with Gasteiger partial charge in [0.2, 0.25) is 0 Å². The van der Waals surface area contributed by atoms with Crippen LogP contribution in [-0.2, 0) is 9.53 Å². The Kier molecular flexibility index (Phi) is 6.97. The standard InChI is InChI=1S/C15H23NO3/c1-13-6-4-7-14(12-13)19-11-5-9-16(2)10-8-15(17)18-3/h4,6-7,12H,5,8-11H2,1-3H3. The first-order chi connectivity index (χ1) is 9.11. The van der Waals surface area contributed by atoms with E-state index < -0.39 is 0 Å². The number of hydrogen-bond donors (Lipinski definition) is 0. The van der Waals surface area contributed by atoms with Crippen molar-refractivity contribution in [2.45, 2.75) is 19.8 Å². The summed E-state index contributed by atoms with van der Waals surface area (Å²) in [4.78, 5) is 13.1. The highest BCUT2D eigenvalue weighted by Crippen LogP contribution is 2.12. The van der Waals surface area contributed by atoms with E-state index in [1.54, 1.807) is 0 Å². The lowest BCUT2D eigenvalue weighted by Gasteiger charge is -2.15. The number of nitrogens with zero attached hydrogens (tertiary/aromatic N) is 1. The number of aryl methyl sites for hydroxylation is 1. The monoisotopic (exact) mass is 265 g/mol. The van der Waals surface area contributed by atoms with Crippen molar-refractivity contribution in [2.75, 3.05) is 33.9 Å². The van der Waals surface area contributed by atoms with Gasteiger partial charge in [0.15, 0.2) is 0 Å². The zero-order valence-corrected chi connectivity index (χ0v) is 12.0. The quantitative estimate of drug-likeness (QED) is 0.534. The summed E-state index contributed by atoms with van der Waals surface area (Å²) in [5.74, 6) is 0.750. The van der Waals surface area contributed by atoms with E-state index in [0.29, 0.717) is 13.0 Å². The Morgan fingerprint density at radius 3 is 2.79 bits per heavy atom. The number of carbonyl (C=O) groups is 1. The maximum Gasteiger partial charge on any atom is 0.306 e. The molecule has 0 aromatic heterocycles. The average molecular weight is 265 g/mol. The highest BCUT2D eigenvalue weighted by Gasteiger charge is 2.04.